The van der Waals surface area contributed by atoms with E-state index in [0.29, 0.717) is 43.8 Å². The van der Waals surface area contributed by atoms with Crippen LogP contribution in [0.1, 0.15) is 11.1 Å². The van der Waals surface area contributed by atoms with Crippen LogP contribution in [0.4, 0.5) is 0 Å². The van der Waals surface area contributed by atoms with Gasteiger partial charge in [0.15, 0.2) is 5.82 Å². The van der Waals surface area contributed by atoms with E-state index in [1.54, 1.807) is 39.8 Å². The highest BCUT2D eigenvalue weighted by atomic mass is 79.9. The molecular formula is C18H10BrCl2N7. The molecule has 0 spiro atoms. The summed E-state index contributed by atoms with van der Waals surface area (Å²) in [4.78, 5) is 0. The first-order valence-electron chi connectivity index (χ1n) is 8.02. The zero-order chi connectivity index (χ0) is 19.7. The van der Waals surface area contributed by atoms with Gasteiger partial charge in [0.1, 0.15) is 4.60 Å². The van der Waals surface area contributed by atoms with Crippen LogP contribution in [-0.2, 0) is 6.54 Å². The zero-order valence-corrected chi connectivity index (χ0v) is 17.2. The monoisotopic (exact) mass is 473 g/mol. The predicted octanol–water partition coefficient (Wildman–Crippen LogP) is 4.52. The Morgan fingerprint density at radius 1 is 1.11 bits per heavy atom. The van der Waals surface area contributed by atoms with E-state index in [2.05, 4.69) is 42.6 Å². The first-order chi connectivity index (χ1) is 13.6. The Labute approximate surface area is 178 Å². The quantitative estimate of drug-likeness (QED) is 0.434. The van der Waals surface area contributed by atoms with Crippen LogP contribution in [-0.4, -0.2) is 30.0 Å². The fourth-order valence-corrected chi connectivity index (χ4v) is 3.61. The number of nitriles is 1. The number of rotatable bonds is 4. The number of hydrogen-bond acceptors (Lipinski definition) is 5. The maximum atomic E-state index is 8.92. The highest BCUT2D eigenvalue weighted by molar-refractivity contribution is 9.10. The summed E-state index contributed by atoms with van der Waals surface area (Å²) < 4.78 is 3.93. The molecule has 0 bridgehead atoms. The lowest BCUT2D eigenvalue weighted by Crippen LogP contribution is -2.04. The van der Waals surface area contributed by atoms with Crippen molar-refractivity contribution in [2.24, 2.45) is 0 Å². The largest absolute Gasteiger partial charge is 0.224 e. The molecule has 0 aliphatic carbocycles. The van der Waals surface area contributed by atoms with Crippen molar-refractivity contribution in [3.8, 4) is 23.1 Å². The minimum absolute atomic E-state index is 0.400. The van der Waals surface area contributed by atoms with Crippen LogP contribution in [0.15, 0.2) is 53.3 Å². The van der Waals surface area contributed by atoms with Crippen LogP contribution in [0.2, 0.25) is 10.0 Å². The fraction of sp³-hybridized carbons (Fsp3) is 0.0556. The number of tetrazole rings is 1. The number of hydrogen-bond donors (Lipinski definition) is 0. The fourth-order valence-electron chi connectivity index (χ4n) is 2.67. The van der Waals surface area contributed by atoms with Crippen molar-refractivity contribution in [3.05, 3.63) is 74.4 Å². The highest BCUT2D eigenvalue weighted by Crippen LogP contribution is 2.33. The lowest BCUT2D eigenvalue weighted by molar-refractivity contribution is 0.653. The second-order valence-corrected chi connectivity index (χ2v) is 7.34. The maximum absolute atomic E-state index is 8.92. The van der Waals surface area contributed by atoms with Gasteiger partial charge in [0.25, 0.3) is 0 Å². The van der Waals surface area contributed by atoms with Gasteiger partial charge in [-0.05, 0) is 56.2 Å². The Kier molecular flexibility index (Phi) is 5.13. The molecule has 0 saturated carbocycles. The van der Waals surface area contributed by atoms with Crippen LogP contribution in [0, 0.1) is 11.3 Å². The molecule has 0 atom stereocenters. The molecule has 2 aromatic heterocycles. The molecule has 0 aliphatic heterocycles. The summed E-state index contributed by atoms with van der Waals surface area (Å²) in [6, 6.07) is 14.7. The molecule has 4 aromatic rings. The van der Waals surface area contributed by atoms with Gasteiger partial charge in [0, 0.05) is 0 Å². The van der Waals surface area contributed by atoms with Gasteiger partial charge in [-0.3, -0.25) is 0 Å². The number of benzene rings is 2. The van der Waals surface area contributed by atoms with Gasteiger partial charge in [0.2, 0.25) is 0 Å². The van der Waals surface area contributed by atoms with Crippen molar-refractivity contribution in [1.29, 1.82) is 5.26 Å². The van der Waals surface area contributed by atoms with E-state index in [-0.39, 0.29) is 0 Å². The maximum Gasteiger partial charge on any atom is 0.186 e. The van der Waals surface area contributed by atoms with E-state index in [4.69, 9.17) is 28.5 Å². The van der Waals surface area contributed by atoms with Crippen LogP contribution in [0.25, 0.3) is 17.1 Å². The zero-order valence-electron chi connectivity index (χ0n) is 14.1. The van der Waals surface area contributed by atoms with E-state index in [0.717, 1.165) is 5.56 Å². The molecule has 10 heteroatoms. The third-order valence-electron chi connectivity index (χ3n) is 4.06. The third-order valence-corrected chi connectivity index (χ3v) is 5.63. The topological polar surface area (TPSA) is 85.2 Å². The van der Waals surface area contributed by atoms with Gasteiger partial charge in [0.05, 0.1) is 45.7 Å². The van der Waals surface area contributed by atoms with E-state index in [1.807, 2.05) is 18.2 Å². The van der Waals surface area contributed by atoms with Gasteiger partial charge in [-0.2, -0.15) is 10.4 Å². The molecule has 138 valence electrons. The summed E-state index contributed by atoms with van der Waals surface area (Å²) >= 11 is 16.0. The minimum atomic E-state index is 0.400. The van der Waals surface area contributed by atoms with Crippen molar-refractivity contribution in [2.45, 2.75) is 6.54 Å². The normalized spacial score (nSPS) is 10.8. The van der Waals surface area contributed by atoms with Crippen molar-refractivity contribution in [3.63, 3.8) is 0 Å². The Bertz CT molecular complexity index is 1190. The molecule has 0 fully saturated rings. The summed E-state index contributed by atoms with van der Waals surface area (Å²) in [5.74, 6) is 0.542. The first-order valence-corrected chi connectivity index (χ1v) is 9.57. The SMILES string of the molecule is N#Cc1ccc(Cn2nnnc2-c2cnn(-c3cccc(Cl)c3Cl)c2Br)cc1. The van der Waals surface area contributed by atoms with E-state index in [1.165, 1.54) is 0 Å². The van der Waals surface area contributed by atoms with Crippen LogP contribution in [0.5, 0.6) is 0 Å². The number of aromatic nitrogens is 6. The van der Waals surface area contributed by atoms with Crippen molar-refractivity contribution in [2.75, 3.05) is 0 Å². The van der Waals surface area contributed by atoms with E-state index >= 15 is 0 Å². The minimum Gasteiger partial charge on any atom is -0.224 e. The summed E-state index contributed by atoms with van der Waals surface area (Å²) in [6.07, 6.45) is 1.66. The average molecular weight is 475 g/mol. The van der Waals surface area contributed by atoms with Gasteiger partial charge in [-0.1, -0.05) is 41.4 Å². The molecule has 2 aromatic carbocycles. The Hall–Kier alpha value is -2.73. The molecule has 0 radical (unpaired) electrons. The standard InChI is InChI=1S/C18H10BrCl2N7/c19-17-13(9-23-28(17)15-3-1-2-14(20)16(15)21)18-24-25-26-27(18)10-12-6-4-11(8-22)5-7-12/h1-7,9H,10H2. The van der Waals surface area contributed by atoms with Crippen LogP contribution >= 0.6 is 39.1 Å². The molecule has 0 unspecified atom stereocenters. The Morgan fingerprint density at radius 2 is 1.89 bits per heavy atom. The lowest BCUT2D eigenvalue weighted by Gasteiger charge is -2.08. The van der Waals surface area contributed by atoms with Gasteiger partial charge in [-0.15, -0.1) is 5.10 Å². The molecule has 0 N–H and O–H groups in total. The van der Waals surface area contributed by atoms with Gasteiger partial charge >= 0.3 is 0 Å². The second-order valence-electron chi connectivity index (χ2n) is 5.80. The summed E-state index contributed by atoms with van der Waals surface area (Å²) in [7, 11) is 0. The molecule has 7 nitrogen and oxygen atoms in total. The molecule has 4 rings (SSSR count). The Morgan fingerprint density at radius 3 is 2.64 bits per heavy atom. The summed E-state index contributed by atoms with van der Waals surface area (Å²) in [6.45, 7) is 0.448. The van der Waals surface area contributed by atoms with E-state index < -0.39 is 0 Å². The van der Waals surface area contributed by atoms with Crippen molar-refractivity contribution < 1.29 is 0 Å². The molecule has 0 amide bonds. The molecule has 28 heavy (non-hydrogen) atoms. The number of halogens is 3. The van der Waals surface area contributed by atoms with Crippen LogP contribution in [0.3, 0.4) is 0 Å². The smallest absolute Gasteiger partial charge is 0.186 e. The highest BCUT2D eigenvalue weighted by Gasteiger charge is 2.19. The van der Waals surface area contributed by atoms with Crippen LogP contribution < -0.4 is 0 Å². The third kappa shape index (κ3) is 3.40. The summed E-state index contributed by atoms with van der Waals surface area (Å²) in [5.41, 5.74) is 2.91. The molecule has 0 saturated heterocycles. The molecule has 2 heterocycles. The average Bonchev–Trinajstić information content (AvgIpc) is 3.31. The summed E-state index contributed by atoms with van der Waals surface area (Å²) in [5, 5.41) is 26.1. The van der Waals surface area contributed by atoms with E-state index in [9.17, 15) is 0 Å². The van der Waals surface area contributed by atoms with Crippen molar-refractivity contribution in [1.82, 2.24) is 30.0 Å². The molecule has 0 aliphatic rings. The Balaban J connectivity index is 1.70. The second kappa shape index (κ2) is 7.72. The van der Waals surface area contributed by atoms with Crippen molar-refractivity contribution >= 4 is 39.1 Å². The predicted molar refractivity (Wildman–Crippen MR) is 108 cm³/mol. The molecular weight excluding hydrogens is 465 g/mol. The van der Waals surface area contributed by atoms with Gasteiger partial charge < -0.3 is 0 Å². The van der Waals surface area contributed by atoms with Gasteiger partial charge in [-0.25, -0.2) is 9.36 Å². The number of nitrogens with zero attached hydrogens (tertiary/aromatic N) is 7. The lowest BCUT2D eigenvalue weighted by atomic mass is 10.1. The first kappa shape index (κ1) is 18.6.